The van der Waals surface area contributed by atoms with Crippen LogP contribution in [0.3, 0.4) is 0 Å². The fourth-order valence-electron chi connectivity index (χ4n) is 2.63. The van der Waals surface area contributed by atoms with Crippen LogP contribution in [0.4, 0.5) is 29.3 Å². The van der Waals surface area contributed by atoms with E-state index in [0.29, 0.717) is 19.0 Å². The quantitative estimate of drug-likeness (QED) is 0.388. The van der Waals surface area contributed by atoms with Crippen LogP contribution < -0.4 is 10.6 Å². The molecule has 27 heavy (non-hydrogen) atoms. The molecule has 9 nitrogen and oxygen atoms in total. The monoisotopic (exact) mass is 390 g/mol. The average molecular weight is 390 g/mol. The zero-order valence-corrected chi connectivity index (χ0v) is 14.0. The molecule has 0 radical (unpaired) electrons. The van der Waals surface area contributed by atoms with Gasteiger partial charge in [-0.25, -0.2) is 4.79 Å². The highest BCUT2D eigenvalue weighted by Crippen LogP contribution is 2.34. The lowest BCUT2D eigenvalue weighted by Gasteiger charge is -2.17. The van der Waals surface area contributed by atoms with Crippen molar-refractivity contribution in [3.63, 3.8) is 0 Å². The SMILES string of the molecule is O=C(O)C1CCN(C(=O)NCCNc2ccc(C(F)(F)F)cc2[N+](=O)[O-])C1. The van der Waals surface area contributed by atoms with E-state index in [2.05, 4.69) is 10.6 Å². The number of rotatable bonds is 6. The molecule has 2 rings (SSSR count). The van der Waals surface area contributed by atoms with Crippen molar-refractivity contribution >= 4 is 23.4 Å². The second-order valence-electron chi connectivity index (χ2n) is 5.92. The smallest absolute Gasteiger partial charge is 0.416 e. The number of carboxylic acid groups (broad SMARTS) is 1. The molecule has 0 aliphatic carbocycles. The van der Waals surface area contributed by atoms with E-state index in [-0.39, 0.29) is 25.3 Å². The van der Waals surface area contributed by atoms with Gasteiger partial charge in [0.05, 0.1) is 16.4 Å². The Morgan fingerprint density at radius 1 is 1.33 bits per heavy atom. The number of urea groups is 1. The Hall–Kier alpha value is -3.05. The van der Waals surface area contributed by atoms with Crippen LogP contribution in [0.25, 0.3) is 0 Å². The van der Waals surface area contributed by atoms with Crippen molar-refractivity contribution in [2.75, 3.05) is 31.5 Å². The van der Waals surface area contributed by atoms with Crippen LogP contribution in [0.1, 0.15) is 12.0 Å². The van der Waals surface area contributed by atoms with Gasteiger partial charge in [-0.2, -0.15) is 13.2 Å². The number of nitro groups is 1. The molecule has 1 heterocycles. The fraction of sp³-hybridized carbons (Fsp3) is 0.467. The van der Waals surface area contributed by atoms with E-state index in [0.717, 1.165) is 12.1 Å². The van der Waals surface area contributed by atoms with Gasteiger partial charge in [0, 0.05) is 32.2 Å². The van der Waals surface area contributed by atoms with Crippen LogP contribution in [-0.4, -0.2) is 53.1 Å². The Bertz CT molecular complexity index is 741. The molecule has 1 aromatic carbocycles. The molecule has 1 unspecified atom stereocenters. The predicted octanol–water partition coefficient (Wildman–Crippen LogP) is 2.14. The van der Waals surface area contributed by atoms with Crippen LogP contribution in [0, 0.1) is 16.0 Å². The van der Waals surface area contributed by atoms with Crippen molar-refractivity contribution in [1.29, 1.82) is 0 Å². The van der Waals surface area contributed by atoms with Crippen molar-refractivity contribution in [1.82, 2.24) is 10.2 Å². The standard InChI is InChI=1S/C15H17F3N4O5/c16-15(17,18)10-1-2-11(12(7-10)22(26)27)19-4-5-20-14(25)21-6-3-9(8-21)13(23)24/h1-2,7,9,19H,3-6,8H2,(H,20,25)(H,23,24). The van der Waals surface area contributed by atoms with E-state index in [4.69, 9.17) is 5.11 Å². The summed E-state index contributed by atoms with van der Waals surface area (Å²) in [5.74, 6) is -1.58. The van der Waals surface area contributed by atoms with Gasteiger partial charge in [-0.05, 0) is 18.6 Å². The number of anilines is 1. The summed E-state index contributed by atoms with van der Waals surface area (Å²) in [7, 11) is 0. The highest BCUT2D eigenvalue weighted by Gasteiger charge is 2.33. The summed E-state index contributed by atoms with van der Waals surface area (Å²) in [6, 6.07) is 1.66. The first-order valence-electron chi connectivity index (χ1n) is 7.94. The van der Waals surface area contributed by atoms with Crippen LogP contribution >= 0.6 is 0 Å². The van der Waals surface area contributed by atoms with Gasteiger partial charge in [-0.15, -0.1) is 0 Å². The van der Waals surface area contributed by atoms with Gasteiger partial charge in [0.2, 0.25) is 0 Å². The number of aliphatic carboxylic acids is 1. The Morgan fingerprint density at radius 3 is 2.59 bits per heavy atom. The number of likely N-dealkylation sites (tertiary alicyclic amines) is 1. The molecule has 2 amide bonds. The number of nitro benzene ring substituents is 1. The van der Waals surface area contributed by atoms with Crippen LogP contribution in [0.15, 0.2) is 18.2 Å². The molecular weight excluding hydrogens is 373 g/mol. The third-order valence-corrected chi connectivity index (χ3v) is 4.06. The van der Waals surface area contributed by atoms with E-state index in [1.54, 1.807) is 0 Å². The van der Waals surface area contributed by atoms with Crippen molar-refractivity contribution in [2.24, 2.45) is 5.92 Å². The van der Waals surface area contributed by atoms with Gasteiger partial charge >= 0.3 is 18.2 Å². The van der Waals surface area contributed by atoms with Gasteiger partial charge in [-0.3, -0.25) is 14.9 Å². The zero-order valence-electron chi connectivity index (χ0n) is 14.0. The number of carbonyl (C=O) groups excluding carboxylic acids is 1. The molecule has 0 saturated carbocycles. The maximum Gasteiger partial charge on any atom is 0.416 e. The normalized spacial score (nSPS) is 16.9. The summed E-state index contributed by atoms with van der Waals surface area (Å²) in [4.78, 5) is 34.2. The number of benzene rings is 1. The second-order valence-corrected chi connectivity index (χ2v) is 5.92. The molecular formula is C15H17F3N4O5. The maximum atomic E-state index is 12.7. The predicted molar refractivity (Wildman–Crippen MR) is 87.3 cm³/mol. The summed E-state index contributed by atoms with van der Waals surface area (Å²) in [6.07, 6.45) is -4.33. The lowest BCUT2D eigenvalue weighted by molar-refractivity contribution is -0.384. The summed E-state index contributed by atoms with van der Waals surface area (Å²) >= 11 is 0. The number of halogens is 3. The molecule has 1 aromatic rings. The van der Waals surface area contributed by atoms with E-state index in [1.807, 2.05) is 0 Å². The first kappa shape index (κ1) is 20.3. The van der Waals surface area contributed by atoms with E-state index in [9.17, 15) is 32.9 Å². The molecule has 0 spiro atoms. The lowest BCUT2D eigenvalue weighted by Crippen LogP contribution is -2.40. The van der Waals surface area contributed by atoms with Crippen LogP contribution in [-0.2, 0) is 11.0 Å². The van der Waals surface area contributed by atoms with E-state index >= 15 is 0 Å². The minimum atomic E-state index is -4.69. The molecule has 12 heteroatoms. The minimum Gasteiger partial charge on any atom is -0.481 e. The number of carbonyl (C=O) groups is 2. The largest absolute Gasteiger partial charge is 0.481 e. The number of nitrogens with one attached hydrogen (secondary N) is 2. The highest BCUT2D eigenvalue weighted by molar-refractivity contribution is 5.77. The van der Waals surface area contributed by atoms with Gasteiger partial charge < -0.3 is 20.6 Å². The number of amides is 2. The third kappa shape index (κ3) is 5.21. The van der Waals surface area contributed by atoms with Gasteiger partial charge in [0.1, 0.15) is 5.69 Å². The van der Waals surface area contributed by atoms with Crippen LogP contribution in [0.5, 0.6) is 0 Å². The van der Waals surface area contributed by atoms with E-state index < -0.39 is 40.3 Å². The van der Waals surface area contributed by atoms with Gasteiger partial charge in [0.25, 0.3) is 5.69 Å². The average Bonchev–Trinajstić information content (AvgIpc) is 3.08. The summed E-state index contributed by atoms with van der Waals surface area (Å²) in [5.41, 5.74) is -1.95. The molecule has 0 bridgehead atoms. The number of carboxylic acids is 1. The van der Waals surface area contributed by atoms with Crippen molar-refractivity contribution in [3.8, 4) is 0 Å². The second kappa shape index (κ2) is 8.10. The summed E-state index contributed by atoms with van der Waals surface area (Å²) in [5, 5.41) is 25.0. The lowest BCUT2D eigenvalue weighted by atomic mass is 10.1. The summed E-state index contributed by atoms with van der Waals surface area (Å²) in [6.45, 7) is 0.485. The fourth-order valence-corrected chi connectivity index (χ4v) is 2.63. The molecule has 1 saturated heterocycles. The first-order valence-corrected chi connectivity index (χ1v) is 7.94. The Labute approximate surface area is 151 Å². The van der Waals surface area contributed by atoms with Crippen molar-refractivity contribution in [2.45, 2.75) is 12.6 Å². The molecule has 1 atom stereocenters. The number of hydrogen-bond acceptors (Lipinski definition) is 5. The number of alkyl halides is 3. The molecule has 148 valence electrons. The van der Waals surface area contributed by atoms with Crippen molar-refractivity contribution < 1.29 is 32.8 Å². The molecule has 1 fully saturated rings. The van der Waals surface area contributed by atoms with Crippen LogP contribution in [0.2, 0.25) is 0 Å². The Morgan fingerprint density at radius 2 is 2.04 bits per heavy atom. The molecule has 1 aliphatic rings. The number of hydrogen-bond donors (Lipinski definition) is 3. The van der Waals surface area contributed by atoms with Gasteiger partial charge in [-0.1, -0.05) is 0 Å². The number of nitrogens with zero attached hydrogens (tertiary/aromatic N) is 2. The zero-order chi connectivity index (χ0) is 20.2. The molecule has 0 aromatic heterocycles. The topological polar surface area (TPSA) is 125 Å². The Balaban J connectivity index is 1.87. The van der Waals surface area contributed by atoms with Crippen molar-refractivity contribution in [3.05, 3.63) is 33.9 Å². The first-order chi connectivity index (χ1) is 12.6. The Kier molecular flexibility index (Phi) is 6.08. The summed E-state index contributed by atoms with van der Waals surface area (Å²) < 4.78 is 38.0. The minimum absolute atomic E-state index is 0.0359. The highest BCUT2D eigenvalue weighted by atomic mass is 19.4. The van der Waals surface area contributed by atoms with Gasteiger partial charge in [0.15, 0.2) is 0 Å². The maximum absolute atomic E-state index is 12.7. The molecule has 1 aliphatic heterocycles. The molecule has 3 N–H and O–H groups in total. The van der Waals surface area contributed by atoms with E-state index in [1.165, 1.54) is 4.90 Å². The third-order valence-electron chi connectivity index (χ3n) is 4.06.